The highest BCUT2D eigenvalue weighted by molar-refractivity contribution is 5.52. The van der Waals surface area contributed by atoms with E-state index in [2.05, 4.69) is 18.9 Å². The first-order valence-corrected chi connectivity index (χ1v) is 5.59. The minimum absolute atomic E-state index is 0.180. The Morgan fingerprint density at radius 2 is 2.13 bits per heavy atom. The molecule has 1 aromatic rings. The summed E-state index contributed by atoms with van der Waals surface area (Å²) in [7, 11) is 0. The zero-order valence-corrected chi connectivity index (χ0v) is 10.1. The maximum Gasteiger partial charge on any atom is 0.236 e. The topological polar surface area (TPSA) is 53.1 Å². The van der Waals surface area contributed by atoms with Crippen molar-refractivity contribution in [3.63, 3.8) is 0 Å². The van der Waals surface area contributed by atoms with Gasteiger partial charge in [0.25, 0.3) is 0 Å². The summed E-state index contributed by atoms with van der Waals surface area (Å²) < 4.78 is 7.63. The Bertz CT molecular complexity index is 320. The van der Waals surface area contributed by atoms with Gasteiger partial charge in [-0.3, -0.25) is 0 Å². The molecule has 0 radical (unpaired) electrons. The maximum atomic E-state index is 5.93. The highest BCUT2D eigenvalue weighted by atomic mass is 16.5. The Morgan fingerprint density at radius 1 is 1.47 bits per heavy atom. The standard InChI is InChI=1S/C11H21N3O/c1-5-7-14-11(15-8(3)6-2)10(12)9(4)13-14/h8H,5-7,12H2,1-4H3. The molecule has 0 aliphatic rings. The Balaban J connectivity index is 2.91. The van der Waals surface area contributed by atoms with Crippen molar-refractivity contribution in [3.8, 4) is 5.88 Å². The van der Waals surface area contributed by atoms with Crippen LogP contribution in [-0.4, -0.2) is 15.9 Å². The molecule has 0 aromatic carbocycles. The van der Waals surface area contributed by atoms with Crippen molar-refractivity contribution in [2.45, 2.75) is 53.2 Å². The Labute approximate surface area is 91.4 Å². The monoisotopic (exact) mass is 211 g/mol. The smallest absolute Gasteiger partial charge is 0.236 e. The van der Waals surface area contributed by atoms with Crippen LogP contribution < -0.4 is 10.5 Å². The molecule has 0 aliphatic carbocycles. The number of aryl methyl sites for hydroxylation is 2. The quantitative estimate of drug-likeness (QED) is 0.813. The molecule has 4 heteroatoms. The molecule has 86 valence electrons. The molecule has 1 rings (SSSR count). The summed E-state index contributed by atoms with van der Waals surface area (Å²) in [5.41, 5.74) is 7.45. The average molecular weight is 211 g/mol. The number of hydrogen-bond acceptors (Lipinski definition) is 3. The summed E-state index contributed by atoms with van der Waals surface area (Å²) in [4.78, 5) is 0. The van der Waals surface area contributed by atoms with Crippen LogP contribution in [0.5, 0.6) is 5.88 Å². The van der Waals surface area contributed by atoms with Crippen LogP contribution in [0.4, 0.5) is 5.69 Å². The lowest BCUT2D eigenvalue weighted by molar-refractivity contribution is 0.196. The van der Waals surface area contributed by atoms with Gasteiger partial charge in [0.1, 0.15) is 5.69 Å². The van der Waals surface area contributed by atoms with E-state index in [1.807, 2.05) is 18.5 Å². The van der Waals surface area contributed by atoms with E-state index in [1.54, 1.807) is 0 Å². The molecule has 2 N–H and O–H groups in total. The molecule has 1 unspecified atom stereocenters. The lowest BCUT2D eigenvalue weighted by atomic mass is 10.3. The molecule has 0 aliphatic heterocycles. The van der Waals surface area contributed by atoms with Gasteiger partial charge in [-0.2, -0.15) is 5.10 Å². The number of hydrogen-bond donors (Lipinski definition) is 1. The van der Waals surface area contributed by atoms with Gasteiger partial charge in [-0.15, -0.1) is 0 Å². The minimum Gasteiger partial charge on any atom is -0.473 e. The predicted octanol–water partition coefficient (Wildman–Crippen LogP) is 2.36. The lowest BCUT2D eigenvalue weighted by Gasteiger charge is -2.14. The van der Waals surface area contributed by atoms with Gasteiger partial charge in [0.15, 0.2) is 0 Å². The fourth-order valence-electron chi connectivity index (χ4n) is 1.34. The Morgan fingerprint density at radius 3 is 2.67 bits per heavy atom. The summed E-state index contributed by atoms with van der Waals surface area (Å²) >= 11 is 0. The number of aromatic nitrogens is 2. The van der Waals surface area contributed by atoms with Crippen LogP contribution in [-0.2, 0) is 6.54 Å². The van der Waals surface area contributed by atoms with E-state index >= 15 is 0 Å². The number of ether oxygens (including phenoxy) is 1. The van der Waals surface area contributed by atoms with Crippen molar-refractivity contribution in [2.24, 2.45) is 0 Å². The van der Waals surface area contributed by atoms with E-state index in [4.69, 9.17) is 10.5 Å². The number of anilines is 1. The molecule has 0 saturated heterocycles. The fourth-order valence-corrected chi connectivity index (χ4v) is 1.34. The number of rotatable bonds is 5. The van der Waals surface area contributed by atoms with Crippen molar-refractivity contribution in [2.75, 3.05) is 5.73 Å². The molecule has 1 aromatic heterocycles. The van der Waals surface area contributed by atoms with Gasteiger partial charge < -0.3 is 10.5 Å². The van der Waals surface area contributed by atoms with Gasteiger partial charge in [-0.05, 0) is 26.7 Å². The van der Waals surface area contributed by atoms with Crippen LogP contribution in [0, 0.1) is 6.92 Å². The fraction of sp³-hybridized carbons (Fsp3) is 0.727. The molecule has 15 heavy (non-hydrogen) atoms. The largest absolute Gasteiger partial charge is 0.473 e. The zero-order chi connectivity index (χ0) is 11.4. The molecule has 1 heterocycles. The summed E-state index contributed by atoms with van der Waals surface area (Å²) in [5.74, 6) is 0.726. The third-order valence-corrected chi connectivity index (χ3v) is 2.45. The van der Waals surface area contributed by atoms with Crippen LogP contribution >= 0.6 is 0 Å². The van der Waals surface area contributed by atoms with Crippen LogP contribution in [0.15, 0.2) is 0 Å². The molecule has 0 fully saturated rings. The molecule has 1 atom stereocenters. The van der Waals surface area contributed by atoms with Gasteiger partial charge in [-0.1, -0.05) is 13.8 Å². The van der Waals surface area contributed by atoms with E-state index in [1.165, 1.54) is 0 Å². The summed E-state index contributed by atoms with van der Waals surface area (Å²) in [6.45, 7) is 9.00. The first kappa shape index (κ1) is 11.9. The summed E-state index contributed by atoms with van der Waals surface area (Å²) in [6, 6.07) is 0. The van der Waals surface area contributed by atoms with Gasteiger partial charge in [0.05, 0.1) is 11.8 Å². The highest BCUT2D eigenvalue weighted by Crippen LogP contribution is 2.26. The summed E-state index contributed by atoms with van der Waals surface area (Å²) in [5, 5.41) is 4.35. The van der Waals surface area contributed by atoms with Crippen molar-refractivity contribution in [1.29, 1.82) is 0 Å². The van der Waals surface area contributed by atoms with E-state index in [0.717, 1.165) is 31.0 Å². The van der Waals surface area contributed by atoms with Crippen LogP contribution in [0.2, 0.25) is 0 Å². The van der Waals surface area contributed by atoms with Gasteiger partial charge in [0.2, 0.25) is 5.88 Å². The van der Waals surface area contributed by atoms with Crippen molar-refractivity contribution >= 4 is 5.69 Å². The molecular formula is C11H21N3O. The second kappa shape index (κ2) is 5.05. The Kier molecular flexibility index (Phi) is 4.00. The molecule has 0 saturated carbocycles. The second-order valence-corrected chi connectivity index (χ2v) is 3.86. The van der Waals surface area contributed by atoms with Crippen molar-refractivity contribution in [3.05, 3.63) is 5.69 Å². The second-order valence-electron chi connectivity index (χ2n) is 3.86. The van der Waals surface area contributed by atoms with E-state index in [0.29, 0.717) is 5.69 Å². The van der Waals surface area contributed by atoms with E-state index < -0.39 is 0 Å². The Hall–Kier alpha value is -1.19. The third-order valence-electron chi connectivity index (χ3n) is 2.45. The predicted molar refractivity (Wildman–Crippen MR) is 62.0 cm³/mol. The number of nitrogen functional groups attached to an aromatic ring is 1. The van der Waals surface area contributed by atoms with Crippen LogP contribution in [0.25, 0.3) is 0 Å². The molecule has 0 bridgehead atoms. The number of nitrogens with two attached hydrogens (primary N) is 1. The average Bonchev–Trinajstić information content (AvgIpc) is 2.46. The van der Waals surface area contributed by atoms with E-state index in [9.17, 15) is 0 Å². The SMILES string of the molecule is CCCn1nc(C)c(N)c1OC(C)CC. The van der Waals surface area contributed by atoms with Gasteiger partial charge >= 0.3 is 0 Å². The van der Waals surface area contributed by atoms with Crippen molar-refractivity contribution < 1.29 is 4.74 Å². The van der Waals surface area contributed by atoms with Gasteiger partial charge in [-0.25, -0.2) is 4.68 Å². The minimum atomic E-state index is 0.180. The zero-order valence-electron chi connectivity index (χ0n) is 10.1. The molecule has 0 amide bonds. The first-order chi connectivity index (χ1) is 7.10. The molecule has 0 spiro atoms. The molecular weight excluding hydrogens is 190 g/mol. The lowest BCUT2D eigenvalue weighted by Crippen LogP contribution is -2.14. The maximum absolute atomic E-state index is 5.93. The van der Waals surface area contributed by atoms with Crippen molar-refractivity contribution in [1.82, 2.24) is 9.78 Å². The summed E-state index contributed by atoms with van der Waals surface area (Å²) in [6.07, 6.45) is 2.17. The van der Waals surface area contributed by atoms with Crippen LogP contribution in [0.1, 0.15) is 39.3 Å². The highest BCUT2D eigenvalue weighted by Gasteiger charge is 2.15. The van der Waals surface area contributed by atoms with Crippen LogP contribution in [0.3, 0.4) is 0 Å². The third kappa shape index (κ3) is 2.64. The first-order valence-electron chi connectivity index (χ1n) is 5.59. The van der Waals surface area contributed by atoms with E-state index in [-0.39, 0.29) is 6.10 Å². The van der Waals surface area contributed by atoms with Gasteiger partial charge in [0, 0.05) is 6.54 Å². The number of nitrogens with zero attached hydrogens (tertiary/aromatic N) is 2. The normalized spacial score (nSPS) is 12.8. The molecule has 4 nitrogen and oxygen atoms in total.